The maximum absolute atomic E-state index is 12.1. The number of hydrogen-bond donors (Lipinski definition) is 0. The number of thiophene rings is 1. The Morgan fingerprint density at radius 1 is 1.32 bits per heavy atom. The number of hydrogen-bond acceptors (Lipinski definition) is 6. The molecule has 3 aromatic heterocycles. The summed E-state index contributed by atoms with van der Waals surface area (Å²) >= 11 is 2.92. The van der Waals surface area contributed by atoms with E-state index in [9.17, 15) is 4.79 Å². The van der Waals surface area contributed by atoms with Crippen molar-refractivity contribution >= 4 is 28.9 Å². The largest absolute Gasteiger partial charge is 0.305 e. The van der Waals surface area contributed by atoms with Crippen LogP contribution in [0.4, 0.5) is 0 Å². The lowest BCUT2D eigenvalue weighted by Crippen LogP contribution is -2.02. The van der Waals surface area contributed by atoms with Crippen LogP contribution in [0.3, 0.4) is 0 Å². The van der Waals surface area contributed by atoms with E-state index in [4.69, 9.17) is 0 Å². The molecule has 22 heavy (non-hydrogen) atoms. The zero-order valence-electron chi connectivity index (χ0n) is 12.2. The number of thioether (sulfide) groups is 1. The van der Waals surface area contributed by atoms with Crippen LogP contribution >= 0.6 is 23.1 Å². The van der Waals surface area contributed by atoms with Crippen molar-refractivity contribution in [3.8, 4) is 11.4 Å². The number of nitrogens with zero attached hydrogens (tertiary/aromatic N) is 4. The normalized spacial score (nSPS) is 10.8. The number of carbonyl (C=O) groups excluding carboxylic acids is 1. The van der Waals surface area contributed by atoms with E-state index in [1.54, 1.807) is 12.4 Å². The maximum Gasteiger partial charge on any atom is 0.191 e. The molecule has 3 aromatic rings. The Morgan fingerprint density at radius 2 is 2.18 bits per heavy atom. The molecule has 0 aliphatic rings. The van der Waals surface area contributed by atoms with E-state index in [0.717, 1.165) is 26.3 Å². The number of aryl methyl sites for hydroxylation is 1. The predicted molar refractivity (Wildman–Crippen MR) is 88.3 cm³/mol. The highest BCUT2D eigenvalue weighted by molar-refractivity contribution is 7.99. The SMILES string of the molecule is Cc1ccc(C(=O)CSc2nnc(-c3cccnc3)n2C)s1. The molecule has 0 unspecified atom stereocenters. The van der Waals surface area contributed by atoms with Gasteiger partial charge in [-0.2, -0.15) is 0 Å². The van der Waals surface area contributed by atoms with Gasteiger partial charge in [-0.1, -0.05) is 11.8 Å². The lowest BCUT2D eigenvalue weighted by Gasteiger charge is -2.02. The van der Waals surface area contributed by atoms with Gasteiger partial charge in [-0.25, -0.2) is 0 Å². The van der Waals surface area contributed by atoms with Crippen molar-refractivity contribution in [2.45, 2.75) is 12.1 Å². The van der Waals surface area contributed by atoms with Crippen molar-refractivity contribution < 1.29 is 4.79 Å². The Bertz CT molecular complexity index is 795. The fourth-order valence-electron chi connectivity index (χ4n) is 1.97. The highest BCUT2D eigenvalue weighted by atomic mass is 32.2. The van der Waals surface area contributed by atoms with E-state index < -0.39 is 0 Å². The van der Waals surface area contributed by atoms with Gasteiger partial charge < -0.3 is 4.57 Å². The summed E-state index contributed by atoms with van der Waals surface area (Å²) in [7, 11) is 1.89. The molecular weight excluding hydrogens is 316 g/mol. The third-order valence-electron chi connectivity index (χ3n) is 3.10. The zero-order valence-corrected chi connectivity index (χ0v) is 13.8. The van der Waals surface area contributed by atoms with E-state index in [0.29, 0.717) is 5.75 Å². The third kappa shape index (κ3) is 3.10. The van der Waals surface area contributed by atoms with Gasteiger partial charge in [0.2, 0.25) is 0 Å². The number of aromatic nitrogens is 4. The maximum atomic E-state index is 12.1. The van der Waals surface area contributed by atoms with Gasteiger partial charge in [-0.3, -0.25) is 9.78 Å². The molecule has 7 heteroatoms. The predicted octanol–water partition coefficient (Wildman–Crippen LogP) is 3.22. The van der Waals surface area contributed by atoms with Crippen molar-refractivity contribution in [1.82, 2.24) is 19.7 Å². The molecule has 3 rings (SSSR count). The standard InChI is InChI=1S/C15H14N4OS2/c1-10-5-6-13(22-10)12(20)9-21-15-18-17-14(19(15)2)11-4-3-7-16-8-11/h3-8H,9H2,1-2H3. The molecule has 0 saturated carbocycles. The van der Waals surface area contributed by atoms with Crippen LogP contribution in [0, 0.1) is 6.92 Å². The van der Waals surface area contributed by atoms with Crippen molar-refractivity contribution in [2.24, 2.45) is 7.05 Å². The summed E-state index contributed by atoms with van der Waals surface area (Å²) in [5.41, 5.74) is 0.907. The first-order valence-corrected chi connectivity index (χ1v) is 8.47. The minimum atomic E-state index is 0.119. The minimum absolute atomic E-state index is 0.119. The second-order valence-electron chi connectivity index (χ2n) is 4.73. The first kappa shape index (κ1) is 14.9. The molecule has 0 bridgehead atoms. The first-order chi connectivity index (χ1) is 10.6. The summed E-state index contributed by atoms with van der Waals surface area (Å²) in [4.78, 5) is 18.2. The van der Waals surface area contributed by atoms with Crippen LogP contribution in [-0.4, -0.2) is 31.3 Å². The summed E-state index contributed by atoms with van der Waals surface area (Å²) in [5.74, 6) is 1.22. The number of ketones is 1. The molecule has 0 atom stereocenters. The van der Waals surface area contributed by atoms with Crippen molar-refractivity contribution in [2.75, 3.05) is 5.75 Å². The summed E-state index contributed by atoms with van der Waals surface area (Å²) in [6.45, 7) is 2.00. The Hall–Kier alpha value is -1.99. The van der Waals surface area contributed by atoms with Crippen LogP contribution < -0.4 is 0 Å². The van der Waals surface area contributed by atoms with Gasteiger partial charge in [0.15, 0.2) is 16.8 Å². The van der Waals surface area contributed by atoms with E-state index >= 15 is 0 Å². The molecule has 0 aliphatic heterocycles. The Labute approximate surface area is 136 Å². The van der Waals surface area contributed by atoms with Crippen LogP contribution in [-0.2, 0) is 7.05 Å². The van der Waals surface area contributed by atoms with Crippen molar-refractivity contribution in [3.63, 3.8) is 0 Å². The summed E-state index contributed by atoms with van der Waals surface area (Å²) < 4.78 is 1.88. The van der Waals surface area contributed by atoms with Crippen LogP contribution in [0.5, 0.6) is 0 Å². The number of rotatable bonds is 5. The highest BCUT2D eigenvalue weighted by Gasteiger charge is 2.14. The van der Waals surface area contributed by atoms with E-state index in [1.807, 2.05) is 42.8 Å². The van der Waals surface area contributed by atoms with Crippen LogP contribution in [0.25, 0.3) is 11.4 Å². The first-order valence-electron chi connectivity index (χ1n) is 6.67. The zero-order chi connectivity index (χ0) is 15.5. The lowest BCUT2D eigenvalue weighted by atomic mass is 10.3. The molecule has 0 radical (unpaired) electrons. The molecule has 0 fully saturated rings. The molecular formula is C15H14N4OS2. The van der Waals surface area contributed by atoms with Gasteiger partial charge >= 0.3 is 0 Å². The van der Waals surface area contributed by atoms with Gasteiger partial charge in [0, 0.05) is 29.9 Å². The highest BCUT2D eigenvalue weighted by Crippen LogP contribution is 2.24. The quantitative estimate of drug-likeness (QED) is 0.531. The number of carbonyl (C=O) groups is 1. The fourth-order valence-corrected chi connectivity index (χ4v) is 3.66. The van der Waals surface area contributed by atoms with E-state index in [1.165, 1.54) is 23.1 Å². The monoisotopic (exact) mass is 330 g/mol. The van der Waals surface area contributed by atoms with Crippen LogP contribution in [0.1, 0.15) is 14.5 Å². The van der Waals surface area contributed by atoms with Gasteiger partial charge in [-0.05, 0) is 31.2 Å². The second kappa shape index (κ2) is 6.41. The summed E-state index contributed by atoms with van der Waals surface area (Å²) in [6, 6.07) is 7.64. The Balaban J connectivity index is 1.72. The third-order valence-corrected chi connectivity index (χ3v) is 5.16. The molecule has 5 nitrogen and oxygen atoms in total. The molecule has 0 aromatic carbocycles. The Kier molecular flexibility index (Phi) is 4.35. The van der Waals surface area contributed by atoms with E-state index in [-0.39, 0.29) is 5.78 Å². The van der Waals surface area contributed by atoms with Crippen LogP contribution in [0.15, 0.2) is 41.8 Å². The fraction of sp³-hybridized carbons (Fsp3) is 0.200. The van der Waals surface area contributed by atoms with Gasteiger partial charge in [0.05, 0.1) is 10.6 Å². The molecule has 0 saturated heterocycles. The molecule has 0 aliphatic carbocycles. The second-order valence-corrected chi connectivity index (χ2v) is 6.96. The topological polar surface area (TPSA) is 60.7 Å². The smallest absolute Gasteiger partial charge is 0.191 e. The van der Waals surface area contributed by atoms with Gasteiger partial charge in [-0.15, -0.1) is 21.5 Å². The van der Waals surface area contributed by atoms with Crippen molar-refractivity contribution in [3.05, 3.63) is 46.4 Å². The molecule has 0 spiro atoms. The summed E-state index contributed by atoms with van der Waals surface area (Å²) in [5, 5.41) is 9.07. The average molecular weight is 330 g/mol. The van der Waals surface area contributed by atoms with E-state index in [2.05, 4.69) is 15.2 Å². The minimum Gasteiger partial charge on any atom is -0.305 e. The van der Waals surface area contributed by atoms with Crippen molar-refractivity contribution in [1.29, 1.82) is 0 Å². The lowest BCUT2D eigenvalue weighted by molar-refractivity contribution is 0.102. The Morgan fingerprint density at radius 3 is 2.86 bits per heavy atom. The van der Waals surface area contributed by atoms with Crippen LogP contribution in [0.2, 0.25) is 0 Å². The molecule has 0 amide bonds. The molecule has 0 N–H and O–H groups in total. The van der Waals surface area contributed by atoms with Gasteiger partial charge in [0.1, 0.15) is 0 Å². The average Bonchev–Trinajstić information content (AvgIpc) is 3.12. The molecule has 3 heterocycles. The molecule has 112 valence electrons. The summed E-state index contributed by atoms with van der Waals surface area (Å²) in [6.07, 6.45) is 3.47. The van der Waals surface area contributed by atoms with Gasteiger partial charge in [0.25, 0.3) is 0 Å². The number of Topliss-reactive ketones (excluding diaryl/α,β-unsaturated/α-hetero) is 1. The number of pyridine rings is 1.